The van der Waals surface area contributed by atoms with Crippen molar-refractivity contribution in [2.24, 2.45) is 11.8 Å². The number of nitrogens with one attached hydrogen (secondary N) is 3. The summed E-state index contributed by atoms with van der Waals surface area (Å²) in [6.07, 6.45) is 8.04. The summed E-state index contributed by atoms with van der Waals surface area (Å²) in [4.78, 5) is 71.7. The highest BCUT2D eigenvalue weighted by Crippen LogP contribution is 2.49. The fraction of sp³-hybridized carbons (Fsp3) is 0.675. The van der Waals surface area contributed by atoms with Crippen molar-refractivity contribution in [2.45, 2.75) is 152 Å². The fourth-order valence-electron chi connectivity index (χ4n) is 8.13. The van der Waals surface area contributed by atoms with Crippen LogP contribution < -0.4 is 15.4 Å². The van der Waals surface area contributed by atoms with Gasteiger partial charge in [0.25, 0.3) is 5.91 Å². The van der Waals surface area contributed by atoms with E-state index >= 15 is 0 Å². The summed E-state index contributed by atoms with van der Waals surface area (Å²) in [5.41, 5.74) is -1.40. The van der Waals surface area contributed by atoms with E-state index in [1.807, 2.05) is 12.2 Å². The van der Waals surface area contributed by atoms with Gasteiger partial charge in [-0.15, -0.1) is 0 Å². The van der Waals surface area contributed by atoms with Crippen LogP contribution in [0.5, 0.6) is 0 Å². The summed E-state index contributed by atoms with van der Waals surface area (Å²) >= 11 is 0. The number of ether oxygens (including phenoxy) is 2. The zero-order chi connectivity index (χ0) is 40.6. The second kappa shape index (κ2) is 16.0. The van der Waals surface area contributed by atoms with Gasteiger partial charge in [0.2, 0.25) is 21.8 Å². The molecule has 3 N–H and O–H groups in total. The number of sulfonamides is 1. The van der Waals surface area contributed by atoms with Crippen LogP contribution in [0.15, 0.2) is 30.4 Å². The number of rotatable bonds is 6. The Labute approximate surface area is 328 Å². The normalized spacial score (nSPS) is 27.6. The first-order chi connectivity index (χ1) is 26.3. The average molecular weight is 802 g/mol. The predicted molar refractivity (Wildman–Crippen MR) is 203 cm³/mol. The maximum Gasteiger partial charge on any atom is 0.410 e. The largest absolute Gasteiger partial charge is 0.444 e. The zero-order valence-corrected chi connectivity index (χ0v) is 33.8. The van der Waals surface area contributed by atoms with Crippen LogP contribution in [0.4, 0.5) is 14.0 Å². The molecule has 3 fully saturated rings. The molecule has 16 heteroatoms. The van der Waals surface area contributed by atoms with Crippen LogP contribution in [0.3, 0.4) is 0 Å². The van der Waals surface area contributed by atoms with Gasteiger partial charge in [-0.3, -0.25) is 24.0 Å². The van der Waals surface area contributed by atoms with Crippen LogP contribution in [-0.2, 0) is 47.0 Å². The van der Waals surface area contributed by atoms with E-state index in [9.17, 15) is 36.8 Å². The first-order valence-electron chi connectivity index (χ1n) is 19.9. The van der Waals surface area contributed by atoms with E-state index in [1.54, 1.807) is 46.8 Å². The Balaban J connectivity index is 1.24. The number of fused-ring (bicyclic) bond motifs is 2. The number of allylic oxidation sites excluding steroid dienone is 1. The Kier molecular flexibility index (Phi) is 11.8. The number of carbonyl (C=O) groups excluding carboxylic acids is 5. The molecule has 6 rings (SSSR count). The molecule has 0 radical (unpaired) electrons. The molecular weight excluding hydrogens is 746 g/mol. The third-order valence-electron chi connectivity index (χ3n) is 11.6. The Morgan fingerprint density at radius 3 is 2.41 bits per heavy atom. The molecule has 5 amide bonds. The van der Waals surface area contributed by atoms with E-state index in [2.05, 4.69) is 15.4 Å². The van der Waals surface area contributed by atoms with Gasteiger partial charge in [0.05, 0.1) is 17.8 Å². The van der Waals surface area contributed by atoms with E-state index in [0.717, 1.165) is 38.5 Å². The highest BCUT2D eigenvalue weighted by Gasteiger charge is 2.63. The van der Waals surface area contributed by atoms with Gasteiger partial charge >= 0.3 is 12.2 Å². The third kappa shape index (κ3) is 8.99. The second-order valence-corrected chi connectivity index (χ2v) is 19.5. The lowest BCUT2D eigenvalue weighted by molar-refractivity contribution is -0.141. The van der Waals surface area contributed by atoms with Crippen molar-refractivity contribution in [3.8, 4) is 0 Å². The van der Waals surface area contributed by atoms with Crippen molar-refractivity contribution >= 4 is 39.9 Å². The maximum absolute atomic E-state index is 14.5. The molecule has 0 bridgehead atoms. The Bertz CT molecular complexity index is 1860. The molecule has 1 saturated heterocycles. The number of hydrogen-bond donors (Lipinski definition) is 3. The molecule has 3 aliphatic heterocycles. The van der Waals surface area contributed by atoms with Crippen molar-refractivity contribution in [2.75, 3.05) is 6.54 Å². The Morgan fingerprint density at radius 1 is 1.02 bits per heavy atom. The second-order valence-electron chi connectivity index (χ2n) is 17.5. The molecule has 2 saturated carbocycles. The van der Waals surface area contributed by atoms with Gasteiger partial charge < -0.3 is 25.0 Å². The Hall–Kier alpha value is -4.21. The number of amides is 5. The lowest BCUT2D eigenvalue weighted by Crippen LogP contribution is -2.59. The molecule has 1 aromatic rings. The standard InChI is InChI=1S/C40H56FN5O9S/c1-25(2)32(42-36(50)55-38(3,4)5)34(48)46-23-28(54-37(51)45-22-26-14-13-16-30(41)29(26)24-45)20-31(46)33(47)43-40-21-27(40)15-11-9-7-6-8-10-12-17-39(18-19-39)56(52,53)44-35(40)49/h11,13-16,25,27-28,31-32H,6-10,12,17-24H2,1-5H3,(H,42,50)(H,43,47)(H,44,49)/t27-,28-,31+,32+,40-/m1/s1. The van der Waals surface area contributed by atoms with Crippen LogP contribution in [0.25, 0.3) is 0 Å². The number of alkyl carbamates (subject to hydrolysis) is 1. The van der Waals surface area contributed by atoms with Gasteiger partial charge in [-0.2, -0.15) is 0 Å². The van der Waals surface area contributed by atoms with Crippen molar-refractivity contribution in [1.29, 1.82) is 0 Å². The molecule has 0 aromatic heterocycles. The lowest BCUT2D eigenvalue weighted by Gasteiger charge is -2.31. The van der Waals surface area contributed by atoms with Gasteiger partial charge in [0, 0.05) is 24.4 Å². The van der Waals surface area contributed by atoms with Crippen LogP contribution in [0.2, 0.25) is 0 Å². The van der Waals surface area contributed by atoms with Gasteiger partial charge in [-0.1, -0.05) is 63.8 Å². The molecule has 5 aliphatic rings. The van der Waals surface area contributed by atoms with Gasteiger partial charge in [0.1, 0.15) is 35.1 Å². The molecule has 308 valence electrons. The molecule has 3 heterocycles. The van der Waals surface area contributed by atoms with Crippen molar-refractivity contribution in [3.63, 3.8) is 0 Å². The predicted octanol–water partition coefficient (Wildman–Crippen LogP) is 4.95. The van der Waals surface area contributed by atoms with Crippen molar-refractivity contribution in [1.82, 2.24) is 25.2 Å². The van der Waals surface area contributed by atoms with Crippen molar-refractivity contribution < 1.29 is 46.3 Å². The highest BCUT2D eigenvalue weighted by molar-refractivity contribution is 7.91. The minimum atomic E-state index is -4.06. The Morgan fingerprint density at radius 2 is 1.73 bits per heavy atom. The summed E-state index contributed by atoms with van der Waals surface area (Å²) in [5, 5.41) is 5.47. The summed E-state index contributed by atoms with van der Waals surface area (Å²) in [6, 6.07) is 2.21. The van der Waals surface area contributed by atoms with Crippen LogP contribution >= 0.6 is 0 Å². The highest BCUT2D eigenvalue weighted by atomic mass is 32.2. The molecule has 56 heavy (non-hydrogen) atoms. The fourth-order valence-corrected chi connectivity index (χ4v) is 9.82. The van der Waals surface area contributed by atoms with Gasteiger partial charge in [0.15, 0.2) is 0 Å². The molecular formula is C40H56FN5O9S. The zero-order valence-electron chi connectivity index (χ0n) is 33.0. The van der Waals surface area contributed by atoms with Gasteiger partial charge in [-0.05, 0) is 76.8 Å². The minimum Gasteiger partial charge on any atom is -0.444 e. The lowest BCUT2D eigenvalue weighted by atomic mass is 10.0. The summed E-state index contributed by atoms with van der Waals surface area (Å²) in [6.45, 7) is 8.40. The number of carbonyl (C=O) groups is 5. The minimum absolute atomic E-state index is 0.00785. The first kappa shape index (κ1) is 41.4. The number of hydrogen-bond acceptors (Lipinski definition) is 9. The monoisotopic (exact) mass is 801 g/mol. The summed E-state index contributed by atoms with van der Waals surface area (Å²) < 4.78 is 54.4. The summed E-state index contributed by atoms with van der Waals surface area (Å²) in [5.74, 6) is -3.56. The third-order valence-corrected chi connectivity index (χ3v) is 13.9. The molecule has 0 unspecified atom stereocenters. The van der Waals surface area contributed by atoms with Crippen molar-refractivity contribution in [3.05, 3.63) is 47.3 Å². The molecule has 1 aromatic carbocycles. The summed E-state index contributed by atoms with van der Waals surface area (Å²) in [7, 11) is -4.06. The molecule has 5 atom stereocenters. The van der Waals surface area contributed by atoms with E-state index in [4.69, 9.17) is 9.47 Å². The molecule has 1 spiro atoms. The van der Waals surface area contributed by atoms with E-state index < -0.39 is 91.7 Å². The molecule has 14 nitrogen and oxygen atoms in total. The number of nitrogens with zero attached hydrogens (tertiary/aromatic N) is 2. The van der Waals surface area contributed by atoms with Crippen LogP contribution in [0, 0.1) is 17.7 Å². The van der Waals surface area contributed by atoms with Crippen LogP contribution in [0.1, 0.15) is 116 Å². The first-order valence-corrected chi connectivity index (χ1v) is 21.4. The van der Waals surface area contributed by atoms with E-state index in [1.165, 1.54) is 15.9 Å². The molecule has 2 aliphatic carbocycles. The number of halogens is 1. The maximum atomic E-state index is 14.5. The quantitative estimate of drug-likeness (QED) is 0.336. The van der Waals surface area contributed by atoms with Crippen LogP contribution in [-0.4, -0.2) is 88.7 Å². The van der Waals surface area contributed by atoms with E-state index in [0.29, 0.717) is 30.4 Å². The SMILES string of the molecule is CC(C)[C@H](NC(=O)OC(C)(C)C)C(=O)N1C[C@H](OC(=O)N2Cc3cccc(F)c3C2)C[C@H]1C(=O)N[C@]12C[C@H]1C=CCCCCCCCC1(CC1)S(=O)(=O)NC2=O. The van der Waals surface area contributed by atoms with E-state index in [-0.39, 0.29) is 32.5 Å². The number of likely N-dealkylation sites (tertiary alicyclic amines) is 1. The average Bonchev–Trinajstić information content (AvgIpc) is 3.94. The topological polar surface area (TPSA) is 181 Å². The number of benzene rings is 1. The smallest absolute Gasteiger partial charge is 0.410 e. The van der Waals surface area contributed by atoms with Gasteiger partial charge in [-0.25, -0.2) is 22.4 Å².